The van der Waals surface area contributed by atoms with Crippen molar-refractivity contribution >= 4 is 28.5 Å². The first-order valence-electron chi connectivity index (χ1n) is 9.21. The lowest BCUT2D eigenvalue weighted by Crippen LogP contribution is -2.50. The van der Waals surface area contributed by atoms with Crippen molar-refractivity contribution < 1.29 is 9.53 Å². The third-order valence-corrected chi connectivity index (χ3v) is 5.47. The molecule has 2 aromatic carbocycles. The Bertz CT molecular complexity index is 913. The zero-order valence-electron chi connectivity index (χ0n) is 15.6. The van der Waals surface area contributed by atoms with Gasteiger partial charge >= 0.3 is 0 Å². The first kappa shape index (κ1) is 18.4. The Kier molecular flexibility index (Phi) is 5.25. The zero-order chi connectivity index (χ0) is 19.5. The Balaban J connectivity index is 1.74. The monoisotopic (exact) mass is 394 g/mol. The number of benzene rings is 2. The van der Waals surface area contributed by atoms with E-state index >= 15 is 0 Å². The van der Waals surface area contributed by atoms with E-state index in [1.165, 1.54) is 11.8 Å². The Labute approximate surface area is 168 Å². The Hall–Kier alpha value is -2.93. The number of carbonyl (C=O) groups excluding carboxylic acids is 1. The molecule has 0 radical (unpaired) electrons. The summed E-state index contributed by atoms with van der Waals surface area (Å²) in [6.45, 7) is 6.32. The molecule has 7 heteroatoms. The number of amidine groups is 1. The summed E-state index contributed by atoms with van der Waals surface area (Å²) in [7, 11) is 0. The van der Waals surface area contributed by atoms with E-state index in [1.54, 1.807) is 6.08 Å². The summed E-state index contributed by atoms with van der Waals surface area (Å²) in [6, 6.07) is 15.3. The van der Waals surface area contributed by atoms with Gasteiger partial charge in [0.2, 0.25) is 0 Å². The average molecular weight is 395 g/mol. The number of carbonyl (C=O) groups is 1. The maximum Gasteiger partial charge on any atom is 0.255 e. The number of hydrogen-bond acceptors (Lipinski definition) is 6. The van der Waals surface area contributed by atoms with Crippen molar-refractivity contribution in [1.82, 2.24) is 10.3 Å². The smallest absolute Gasteiger partial charge is 0.255 e. The number of anilines is 1. The highest BCUT2D eigenvalue weighted by Crippen LogP contribution is 2.42. The van der Waals surface area contributed by atoms with Crippen molar-refractivity contribution in [1.29, 1.82) is 0 Å². The van der Waals surface area contributed by atoms with Gasteiger partial charge in [-0.3, -0.25) is 9.80 Å². The topological polar surface area (TPSA) is 66.0 Å². The second-order valence-corrected chi connectivity index (χ2v) is 7.42. The van der Waals surface area contributed by atoms with Gasteiger partial charge < -0.3 is 15.4 Å². The summed E-state index contributed by atoms with van der Waals surface area (Å²) in [5.41, 5.74) is 2.86. The van der Waals surface area contributed by atoms with Crippen molar-refractivity contribution in [3.8, 4) is 5.75 Å². The van der Waals surface area contributed by atoms with Gasteiger partial charge in [-0.15, -0.1) is 11.7 Å². The first-order chi connectivity index (χ1) is 13.7. The number of nitrogens with one attached hydrogen (secondary N) is 2. The van der Waals surface area contributed by atoms with Crippen molar-refractivity contribution in [2.24, 2.45) is 5.10 Å². The summed E-state index contributed by atoms with van der Waals surface area (Å²) in [4.78, 5) is 13.0. The number of nitrogens with zero attached hydrogens (tertiary/aromatic N) is 2. The Morgan fingerprint density at radius 3 is 2.79 bits per heavy atom. The maximum atomic E-state index is 13.0. The molecule has 2 heterocycles. The molecule has 4 rings (SSSR count). The standard InChI is InChI=1S/C21H22N4O2S/c1-3-13-28-21-23-20(26)18-16-7-5-6-8-17(16)22-19(25(18)24-21)14-9-11-15(12-10-14)27-4-2/h3,5-12,18-19,22H,1,4,13H2,2H3,(H,23,24,26)/t18-,19-/m0/s1. The Morgan fingerprint density at radius 1 is 1.25 bits per heavy atom. The molecule has 2 aromatic rings. The van der Waals surface area contributed by atoms with Crippen LogP contribution in [0.1, 0.15) is 30.3 Å². The van der Waals surface area contributed by atoms with Crippen LogP contribution in [0.15, 0.2) is 66.3 Å². The predicted molar refractivity (Wildman–Crippen MR) is 113 cm³/mol. The summed E-state index contributed by atoms with van der Waals surface area (Å²) >= 11 is 1.45. The minimum absolute atomic E-state index is 0.0774. The number of rotatable bonds is 5. The van der Waals surface area contributed by atoms with Crippen LogP contribution in [0.2, 0.25) is 0 Å². The van der Waals surface area contributed by atoms with Crippen molar-refractivity contribution in [3.63, 3.8) is 0 Å². The van der Waals surface area contributed by atoms with Crippen LogP contribution in [0.25, 0.3) is 0 Å². The van der Waals surface area contributed by atoms with Gasteiger partial charge in [0.1, 0.15) is 11.9 Å². The lowest BCUT2D eigenvalue weighted by atomic mass is 9.97. The van der Waals surface area contributed by atoms with E-state index in [0.717, 1.165) is 22.6 Å². The van der Waals surface area contributed by atoms with E-state index in [0.29, 0.717) is 17.5 Å². The Morgan fingerprint density at radius 2 is 2.04 bits per heavy atom. The molecule has 144 valence electrons. The van der Waals surface area contributed by atoms with Crippen LogP contribution in [0.5, 0.6) is 5.75 Å². The summed E-state index contributed by atoms with van der Waals surface area (Å²) in [5, 5.41) is 13.6. The van der Waals surface area contributed by atoms with E-state index in [-0.39, 0.29) is 12.1 Å². The number of fused-ring (bicyclic) bond motifs is 3. The fourth-order valence-corrected chi connectivity index (χ4v) is 4.00. The van der Waals surface area contributed by atoms with Gasteiger partial charge in [0.15, 0.2) is 11.2 Å². The molecule has 0 unspecified atom stereocenters. The van der Waals surface area contributed by atoms with Gasteiger partial charge in [-0.1, -0.05) is 48.2 Å². The van der Waals surface area contributed by atoms with Crippen molar-refractivity contribution in [2.45, 2.75) is 19.1 Å². The normalized spacial score (nSPS) is 20.2. The predicted octanol–water partition coefficient (Wildman–Crippen LogP) is 3.87. The molecule has 0 saturated carbocycles. The number of hydrazone groups is 1. The molecular weight excluding hydrogens is 372 g/mol. The zero-order valence-corrected chi connectivity index (χ0v) is 16.4. The highest BCUT2D eigenvalue weighted by atomic mass is 32.2. The minimum Gasteiger partial charge on any atom is -0.494 e. The van der Waals surface area contributed by atoms with Crippen LogP contribution in [0.4, 0.5) is 5.69 Å². The van der Waals surface area contributed by atoms with Crippen LogP contribution in [-0.4, -0.2) is 28.4 Å². The maximum absolute atomic E-state index is 13.0. The number of ether oxygens (including phenoxy) is 1. The van der Waals surface area contributed by atoms with Gasteiger partial charge in [0.25, 0.3) is 5.91 Å². The fourth-order valence-electron chi connectivity index (χ4n) is 3.40. The van der Waals surface area contributed by atoms with Gasteiger partial charge in [0, 0.05) is 17.0 Å². The molecule has 2 aliphatic heterocycles. The van der Waals surface area contributed by atoms with E-state index < -0.39 is 6.04 Å². The molecular formula is C21H22N4O2S. The minimum atomic E-state index is -0.484. The van der Waals surface area contributed by atoms with E-state index in [2.05, 4.69) is 17.2 Å². The van der Waals surface area contributed by atoms with Gasteiger partial charge in [-0.2, -0.15) is 0 Å². The van der Waals surface area contributed by atoms with E-state index in [1.807, 2.05) is 60.5 Å². The van der Waals surface area contributed by atoms with Crippen LogP contribution in [-0.2, 0) is 4.79 Å². The van der Waals surface area contributed by atoms with Crippen LogP contribution in [0, 0.1) is 0 Å². The molecule has 28 heavy (non-hydrogen) atoms. The molecule has 0 spiro atoms. The number of hydrogen-bond donors (Lipinski definition) is 2. The second-order valence-electron chi connectivity index (χ2n) is 6.41. The van der Waals surface area contributed by atoms with Crippen LogP contribution in [0.3, 0.4) is 0 Å². The SMILES string of the molecule is C=CCSC1=NN2[C@@H](c3ccc(OCC)cc3)Nc3ccccc3[C@H]2C(=O)N1. The lowest BCUT2D eigenvalue weighted by Gasteiger charge is -2.43. The third kappa shape index (κ3) is 3.45. The van der Waals surface area contributed by atoms with Gasteiger partial charge in [-0.05, 0) is 30.7 Å². The largest absolute Gasteiger partial charge is 0.494 e. The third-order valence-electron chi connectivity index (χ3n) is 4.61. The van der Waals surface area contributed by atoms with E-state index in [4.69, 9.17) is 9.84 Å². The first-order valence-corrected chi connectivity index (χ1v) is 10.2. The molecule has 2 atom stereocenters. The summed E-state index contributed by atoms with van der Waals surface area (Å²) < 4.78 is 5.55. The number of amides is 1. The van der Waals surface area contributed by atoms with Gasteiger partial charge in [0.05, 0.1) is 6.61 Å². The van der Waals surface area contributed by atoms with Crippen LogP contribution >= 0.6 is 11.8 Å². The second kappa shape index (κ2) is 7.98. The number of para-hydroxylation sites is 1. The molecule has 2 N–H and O–H groups in total. The van der Waals surface area contributed by atoms with Crippen molar-refractivity contribution in [3.05, 3.63) is 72.3 Å². The summed E-state index contributed by atoms with van der Waals surface area (Å²) in [6.07, 6.45) is 1.53. The molecule has 1 amide bonds. The molecule has 0 bridgehead atoms. The highest BCUT2D eigenvalue weighted by molar-refractivity contribution is 8.14. The highest BCUT2D eigenvalue weighted by Gasteiger charge is 2.41. The lowest BCUT2D eigenvalue weighted by molar-refractivity contribution is -0.127. The quantitative estimate of drug-likeness (QED) is 0.754. The molecule has 0 fully saturated rings. The molecule has 0 saturated heterocycles. The molecule has 0 aliphatic carbocycles. The van der Waals surface area contributed by atoms with Crippen molar-refractivity contribution in [2.75, 3.05) is 17.7 Å². The van der Waals surface area contributed by atoms with Gasteiger partial charge in [-0.25, -0.2) is 0 Å². The molecule has 6 nitrogen and oxygen atoms in total. The average Bonchev–Trinajstić information content (AvgIpc) is 2.72. The molecule has 2 aliphatic rings. The van der Waals surface area contributed by atoms with E-state index in [9.17, 15) is 4.79 Å². The summed E-state index contributed by atoms with van der Waals surface area (Å²) in [5.74, 6) is 1.42. The number of thioether (sulfide) groups is 1. The van der Waals surface area contributed by atoms with Crippen LogP contribution < -0.4 is 15.4 Å². The molecule has 0 aromatic heterocycles. The fraction of sp³-hybridized carbons (Fsp3) is 0.238.